The molecule has 0 unspecified atom stereocenters. The predicted octanol–water partition coefficient (Wildman–Crippen LogP) is 2.31. The van der Waals surface area contributed by atoms with Gasteiger partial charge in [0.05, 0.1) is 13.2 Å². The lowest BCUT2D eigenvalue weighted by Gasteiger charge is -2.34. The fraction of sp³-hybridized carbons (Fsp3) is 0.538. The van der Waals surface area contributed by atoms with Crippen LogP contribution in [-0.4, -0.2) is 44.9 Å². The van der Waals surface area contributed by atoms with Gasteiger partial charge in [-0.15, -0.1) is 12.4 Å². The fourth-order valence-electron chi connectivity index (χ4n) is 2.36. The summed E-state index contributed by atoms with van der Waals surface area (Å²) in [5, 5.41) is 3.12. The Kier molecular flexibility index (Phi) is 6.58. The van der Waals surface area contributed by atoms with Crippen LogP contribution in [0.4, 0.5) is 13.2 Å². The molecule has 2 rings (SSSR count). The second-order valence-electron chi connectivity index (χ2n) is 4.43. The number of hydrogen-bond donors (Lipinski definition) is 1. The quantitative estimate of drug-likeness (QED) is 0.923. The smallest absolute Gasteiger partial charge is 0.172 e. The number of methoxy groups -OCH3 is 1. The first-order valence-electron chi connectivity index (χ1n) is 6.21. The van der Waals surface area contributed by atoms with Gasteiger partial charge >= 0.3 is 0 Å². The molecule has 1 atom stereocenters. The predicted molar refractivity (Wildman–Crippen MR) is 73.3 cm³/mol. The van der Waals surface area contributed by atoms with Crippen LogP contribution >= 0.6 is 12.4 Å². The monoisotopic (exact) mass is 310 g/mol. The third kappa shape index (κ3) is 3.37. The molecular formula is C13H18ClF3N2O. The molecule has 1 aliphatic rings. The molecule has 0 bridgehead atoms. The van der Waals surface area contributed by atoms with Crippen LogP contribution in [0.5, 0.6) is 5.75 Å². The lowest BCUT2D eigenvalue weighted by molar-refractivity contribution is 0.140. The van der Waals surface area contributed by atoms with Gasteiger partial charge in [-0.1, -0.05) is 0 Å². The molecule has 1 fully saturated rings. The highest BCUT2D eigenvalue weighted by Gasteiger charge is 2.29. The summed E-state index contributed by atoms with van der Waals surface area (Å²) in [6.45, 7) is 1.66. The first-order valence-corrected chi connectivity index (χ1v) is 6.21. The van der Waals surface area contributed by atoms with Crippen LogP contribution in [0.3, 0.4) is 0 Å². The molecule has 0 saturated carbocycles. The summed E-state index contributed by atoms with van der Waals surface area (Å²) in [5.41, 5.74) is -0.247. The van der Waals surface area contributed by atoms with Crippen LogP contribution in [0, 0.1) is 11.6 Å². The molecule has 1 aromatic carbocycles. The Morgan fingerprint density at radius 3 is 2.50 bits per heavy atom. The summed E-state index contributed by atoms with van der Waals surface area (Å²) in [5.74, 6) is -1.62. The highest BCUT2D eigenvalue weighted by molar-refractivity contribution is 5.85. The van der Waals surface area contributed by atoms with Gasteiger partial charge in [0, 0.05) is 31.7 Å². The summed E-state index contributed by atoms with van der Waals surface area (Å²) in [6, 6.07) is 1.42. The lowest BCUT2D eigenvalue weighted by Crippen LogP contribution is -2.46. The van der Waals surface area contributed by atoms with E-state index in [0.29, 0.717) is 26.2 Å². The summed E-state index contributed by atoms with van der Waals surface area (Å²) >= 11 is 0. The molecule has 1 heterocycles. The summed E-state index contributed by atoms with van der Waals surface area (Å²) < 4.78 is 46.1. The van der Waals surface area contributed by atoms with E-state index in [1.54, 1.807) is 4.90 Å². The van der Waals surface area contributed by atoms with Gasteiger partial charge in [0.25, 0.3) is 0 Å². The number of hydrogen-bond acceptors (Lipinski definition) is 3. The number of halogens is 4. The number of benzene rings is 1. The normalized spacial score (nSPS) is 17.4. The van der Waals surface area contributed by atoms with E-state index in [1.165, 1.54) is 13.2 Å². The maximum atomic E-state index is 14.2. The molecule has 1 aliphatic heterocycles. The van der Waals surface area contributed by atoms with Crippen LogP contribution in [0.1, 0.15) is 11.6 Å². The molecule has 1 aromatic rings. The van der Waals surface area contributed by atoms with E-state index in [2.05, 4.69) is 5.32 Å². The number of rotatable bonds is 4. The molecule has 0 aliphatic carbocycles. The van der Waals surface area contributed by atoms with Gasteiger partial charge in [0.1, 0.15) is 12.5 Å². The van der Waals surface area contributed by atoms with Gasteiger partial charge < -0.3 is 10.1 Å². The second kappa shape index (κ2) is 7.71. The number of nitrogens with zero attached hydrogens (tertiary/aromatic N) is 1. The van der Waals surface area contributed by atoms with E-state index in [4.69, 9.17) is 4.74 Å². The van der Waals surface area contributed by atoms with Crippen molar-refractivity contribution in [1.29, 1.82) is 0 Å². The zero-order chi connectivity index (χ0) is 13.8. The van der Waals surface area contributed by atoms with Gasteiger partial charge in [-0.05, 0) is 12.1 Å². The number of piperazine rings is 1. The average Bonchev–Trinajstić information content (AvgIpc) is 2.44. The number of nitrogens with one attached hydrogen (secondary N) is 1. The molecule has 7 heteroatoms. The molecule has 0 amide bonds. The van der Waals surface area contributed by atoms with E-state index in [1.807, 2.05) is 0 Å². The molecule has 20 heavy (non-hydrogen) atoms. The highest BCUT2D eigenvalue weighted by Crippen LogP contribution is 2.31. The van der Waals surface area contributed by atoms with Crippen molar-refractivity contribution < 1.29 is 17.9 Å². The van der Waals surface area contributed by atoms with E-state index >= 15 is 0 Å². The van der Waals surface area contributed by atoms with Crippen LogP contribution in [0.15, 0.2) is 12.1 Å². The van der Waals surface area contributed by atoms with Crippen LogP contribution in [-0.2, 0) is 0 Å². The van der Waals surface area contributed by atoms with Crippen molar-refractivity contribution in [2.24, 2.45) is 0 Å². The van der Waals surface area contributed by atoms with Gasteiger partial charge in [-0.2, -0.15) is 0 Å². The first kappa shape index (κ1) is 17.1. The molecular weight excluding hydrogens is 293 g/mol. The van der Waals surface area contributed by atoms with Gasteiger partial charge in [0.2, 0.25) is 0 Å². The van der Waals surface area contributed by atoms with E-state index < -0.39 is 24.4 Å². The molecule has 0 aromatic heterocycles. The largest absolute Gasteiger partial charge is 0.494 e. The minimum absolute atomic E-state index is 0. The molecule has 1 N–H and O–H groups in total. The van der Waals surface area contributed by atoms with Crippen molar-refractivity contribution in [2.75, 3.05) is 40.0 Å². The minimum Gasteiger partial charge on any atom is -0.494 e. The Hall–Kier alpha value is -0.980. The highest BCUT2D eigenvalue weighted by atomic mass is 35.5. The van der Waals surface area contributed by atoms with Crippen molar-refractivity contribution in [3.8, 4) is 5.75 Å². The second-order valence-corrected chi connectivity index (χ2v) is 4.43. The van der Waals surface area contributed by atoms with E-state index in [-0.39, 0.29) is 23.7 Å². The third-order valence-corrected chi connectivity index (χ3v) is 3.38. The Bertz CT molecular complexity index is 442. The lowest BCUT2D eigenvalue weighted by atomic mass is 10.0. The van der Waals surface area contributed by atoms with Crippen molar-refractivity contribution in [2.45, 2.75) is 6.04 Å². The van der Waals surface area contributed by atoms with Crippen molar-refractivity contribution in [3.05, 3.63) is 29.3 Å². The van der Waals surface area contributed by atoms with Gasteiger partial charge in [-0.3, -0.25) is 4.90 Å². The fourth-order valence-corrected chi connectivity index (χ4v) is 2.36. The Morgan fingerprint density at radius 2 is 1.95 bits per heavy atom. The molecule has 0 radical (unpaired) electrons. The Balaban J connectivity index is 0.00000200. The van der Waals surface area contributed by atoms with Crippen LogP contribution in [0.2, 0.25) is 0 Å². The van der Waals surface area contributed by atoms with Crippen molar-refractivity contribution in [3.63, 3.8) is 0 Å². The Morgan fingerprint density at radius 1 is 1.30 bits per heavy atom. The van der Waals surface area contributed by atoms with Crippen LogP contribution < -0.4 is 10.1 Å². The van der Waals surface area contributed by atoms with E-state index in [0.717, 1.165) is 6.07 Å². The van der Waals surface area contributed by atoms with Gasteiger partial charge in [0.15, 0.2) is 11.6 Å². The first-order chi connectivity index (χ1) is 9.19. The topological polar surface area (TPSA) is 24.5 Å². The van der Waals surface area contributed by atoms with Crippen LogP contribution in [0.25, 0.3) is 0 Å². The van der Waals surface area contributed by atoms with E-state index in [9.17, 15) is 13.2 Å². The average molecular weight is 311 g/mol. The maximum Gasteiger partial charge on any atom is 0.172 e. The standard InChI is InChI=1S/C13H17F3N2O.ClH/c1-19-11-3-2-9(15)12(13(11)16)10(8-14)18-6-4-17-5-7-18;/h2-3,10,17H,4-8H2,1H3;1H/t10-;/m1./s1. The molecule has 3 nitrogen and oxygen atoms in total. The molecule has 0 spiro atoms. The molecule has 1 saturated heterocycles. The number of ether oxygens (including phenoxy) is 1. The summed E-state index contributed by atoms with van der Waals surface area (Å²) in [4.78, 5) is 1.75. The zero-order valence-electron chi connectivity index (χ0n) is 11.2. The zero-order valence-corrected chi connectivity index (χ0v) is 12.0. The van der Waals surface area contributed by atoms with Crippen molar-refractivity contribution in [1.82, 2.24) is 10.2 Å². The minimum atomic E-state index is -0.905. The summed E-state index contributed by atoms with van der Waals surface area (Å²) in [7, 11) is 1.30. The Labute approximate surface area is 122 Å². The maximum absolute atomic E-state index is 14.2. The van der Waals surface area contributed by atoms with Gasteiger partial charge in [-0.25, -0.2) is 13.2 Å². The van der Waals surface area contributed by atoms with Crippen molar-refractivity contribution >= 4 is 12.4 Å². The molecule has 114 valence electrons. The summed E-state index contributed by atoms with van der Waals surface area (Å²) in [6.07, 6.45) is 0. The SMILES string of the molecule is COc1ccc(F)c([C@@H](CF)N2CCNCC2)c1F.Cl. The number of alkyl halides is 1. The third-order valence-electron chi connectivity index (χ3n) is 3.38.